The average Bonchev–Trinajstić information content (AvgIpc) is 2.47. The highest BCUT2D eigenvalue weighted by molar-refractivity contribution is 7.53. The third kappa shape index (κ3) is 7.23. The van der Waals surface area contributed by atoms with Crippen LogP contribution in [0, 0.1) is 0 Å². The zero-order valence-corrected chi connectivity index (χ0v) is 13.6. The molecule has 0 saturated heterocycles. The minimum absolute atomic E-state index is 0.455. The van der Waals surface area contributed by atoms with Crippen LogP contribution >= 0.6 is 7.60 Å². The van der Waals surface area contributed by atoms with Gasteiger partial charge in [0, 0.05) is 0 Å². The Hall–Kier alpha value is -0.630. The van der Waals surface area contributed by atoms with E-state index in [1.165, 1.54) is 5.56 Å². The molecule has 1 atom stereocenters. The predicted molar refractivity (Wildman–Crippen MR) is 84.3 cm³/mol. The van der Waals surface area contributed by atoms with Crippen LogP contribution in [0.4, 0.5) is 0 Å². The van der Waals surface area contributed by atoms with Crippen molar-refractivity contribution in [2.24, 2.45) is 0 Å². The summed E-state index contributed by atoms with van der Waals surface area (Å²) in [5.41, 5.74) is 1.20. The van der Waals surface area contributed by atoms with Crippen LogP contribution in [-0.4, -0.2) is 19.4 Å². The summed E-state index contributed by atoms with van der Waals surface area (Å²) in [4.78, 5) is 0. The van der Waals surface area contributed by atoms with E-state index in [9.17, 15) is 4.57 Å². The van der Waals surface area contributed by atoms with Crippen LogP contribution in [0.25, 0.3) is 0 Å². The maximum atomic E-state index is 12.6. The van der Waals surface area contributed by atoms with E-state index in [-0.39, 0.29) is 0 Å². The molecule has 0 aliphatic rings. The van der Waals surface area contributed by atoms with Crippen molar-refractivity contribution in [2.75, 3.05) is 19.4 Å². The first-order valence-corrected chi connectivity index (χ1v) is 9.35. The number of unbranched alkanes of at least 4 members (excludes halogenated alkanes) is 2. The molecule has 0 N–H and O–H groups in total. The number of hydrogen-bond donors (Lipinski definition) is 0. The van der Waals surface area contributed by atoms with Gasteiger partial charge in [0.1, 0.15) is 0 Å². The standard InChI is InChI=1S/C16H27O3P/c1-3-5-13-18-20(17,15-6-4-2)19-14-12-16-10-8-7-9-11-16/h7-11H,3-6,12-15H2,1-2H3. The van der Waals surface area contributed by atoms with Crippen molar-refractivity contribution >= 4 is 7.60 Å². The van der Waals surface area contributed by atoms with Crippen LogP contribution < -0.4 is 0 Å². The minimum Gasteiger partial charge on any atom is -0.309 e. The van der Waals surface area contributed by atoms with E-state index in [0.717, 1.165) is 32.1 Å². The SMILES string of the molecule is CCCCOP(=O)(CCCC)OCCc1ccccc1. The molecule has 1 aromatic carbocycles. The highest BCUT2D eigenvalue weighted by Crippen LogP contribution is 2.49. The van der Waals surface area contributed by atoms with Crippen LogP contribution in [0.5, 0.6) is 0 Å². The molecule has 1 unspecified atom stereocenters. The molecule has 4 heteroatoms. The van der Waals surface area contributed by atoms with Gasteiger partial charge in [0.2, 0.25) is 0 Å². The average molecular weight is 298 g/mol. The normalized spacial score (nSPS) is 14.1. The lowest BCUT2D eigenvalue weighted by Gasteiger charge is -2.18. The van der Waals surface area contributed by atoms with Gasteiger partial charge in [-0.25, -0.2) is 0 Å². The fourth-order valence-electron chi connectivity index (χ4n) is 1.81. The maximum Gasteiger partial charge on any atom is 0.330 e. The van der Waals surface area contributed by atoms with Gasteiger partial charge in [-0.15, -0.1) is 0 Å². The maximum absolute atomic E-state index is 12.6. The molecule has 0 bridgehead atoms. The smallest absolute Gasteiger partial charge is 0.309 e. The Labute approximate surface area is 123 Å². The van der Waals surface area contributed by atoms with Crippen LogP contribution in [0.1, 0.15) is 45.1 Å². The largest absolute Gasteiger partial charge is 0.330 e. The number of rotatable bonds is 11. The minimum atomic E-state index is -2.90. The zero-order chi connectivity index (χ0) is 14.7. The summed E-state index contributed by atoms with van der Waals surface area (Å²) < 4.78 is 23.8. The molecule has 0 amide bonds. The lowest BCUT2D eigenvalue weighted by Crippen LogP contribution is -2.04. The van der Waals surface area contributed by atoms with Gasteiger partial charge in [0.15, 0.2) is 0 Å². The second-order valence-electron chi connectivity index (χ2n) is 4.94. The summed E-state index contributed by atoms with van der Waals surface area (Å²) in [6, 6.07) is 10.1. The Kier molecular flexibility index (Phi) is 8.84. The van der Waals surface area contributed by atoms with Gasteiger partial charge in [-0.1, -0.05) is 57.0 Å². The van der Waals surface area contributed by atoms with Gasteiger partial charge in [-0.3, -0.25) is 4.57 Å². The molecule has 0 aromatic heterocycles. The van der Waals surface area contributed by atoms with E-state index in [0.29, 0.717) is 19.4 Å². The van der Waals surface area contributed by atoms with Gasteiger partial charge in [0.25, 0.3) is 0 Å². The molecule has 0 radical (unpaired) electrons. The Bertz CT molecular complexity index is 392. The van der Waals surface area contributed by atoms with E-state index in [1.807, 2.05) is 18.2 Å². The zero-order valence-electron chi connectivity index (χ0n) is 12.7. The van der Waals surface area contributed by atoms with Crippen LogP contribution in [0.3, 0.4) is 0 Å². The highest BCUT2D eigenvalue weighted by atomic mass is 31.2. The van der Waals surface area contributed by atoms with E-state index < -0.39 is 7.60 Å². The lowest BCUT2D eigenvalue weighted by molar-refractivity contribution is 0.203. The molecule has 3 nitrogen and oxygen atoms in total. The predicted octanol–water partition coefficient (Wildman–Crippen LogP) is 5.06. The van der Waals surface area contributed by atoms with Gasteiger partial charge >= 0.3 is 7.60 Å². The Morgan fingerprint density at radius 3 is 2.25 bits per heavy atom. The molecule has 0 aliphatic carbocycles. The first-order valence-electron chi connectivity index (χ1n) is 7.62. The van der Waals surface area contributed by atoms with E-state index in [1.54, 1.807) is 0 Å². The van der Waals surface area contributed by atoms with E-state index >= 15 is 0 Å². The molecular formula is C16H27O3P. The van der Waals surface area contributed by atoms with Crippen LogP contribution in [0.15, 0.2) is 30.3 Å². The topological polar surface area (TPSA) is 35.5 Å². The molecule has 0 fully saturated rings. The lowest BCUT2D eigenvalue weighted by atomic mass is 10.2. The second kappa shape index (κ2) is 10.1. The summed E-state index contributed by atoms with van der Waals surface area (Å²) in [5.74, 6) is 0. The summed E-state index contributed by atoms with van der Waals surface area (Å²) in [5, 5.41) is 0. The summed E-state index contributed by atoms with van der Waals surface area (Å²) in [7, 11) is -2.90. The molecular weight excluding hydrogens is 271 g/mol. The van der Waals surface area contributed by atoms with Gasteiger partial charge in [-0.2, -0.15) is 0 Å². The third-order valence-corrected chi connectivity index (χ3v) is 5.11. The van der Waals surface area contributed by atoms with Crippen molar-refractivity contribution in [3.8, 4) is 0 Å². The van der Waals surface area contributed by atoms with Gasteiger partial charge in [0.05, 0.1) is 19.4 Å². The van der Waals surface area contributed by atoms with Crippen molar-refractivity contribution in [1.29, 1.82) is 0 Å². The van der Waals surface area contributed by atoms with Crippen molar-refractivity contribution in [1.82, 2.24) is 0 Å². The number of hydrogen-bond acceptors (Lipinski definition) is 3. The fourth-order valence-corrected chi connectivity index (χ4v) is 3.63. The van der Waals surface area contributed by atoms with E-state index in [4.69, 9.17) is 9.05 Å². The highest BCUT2D eigenvalue weighted by Gasteiger charge is 2.23. The first-order chi connectivity index (χ1) is 9.70. The van der Waals surface area contributed by atoms with Crippen molar-refractivity contribution in [3.05, 3.63) is 35.9 Å². The Morgan fingerprint density at radius 2 is 1.60 bits per heavy atom. The molecule has 20 heavy (non-hydrogen) atoms. The van der Waals surface area contributed by atoms with E-state index in [2.05, 4.69) is 26.0 Å². The molecule has 0 heterocycles. The quantitative estimate of drug-likeness (QED) is 0.423. The molecule has 0 aliphatic heterocycles. The Morgan fingerprint density at radius 1 is 0.950 bits per heavy atom. The van der Waals surface area contributed by atoms with Crippen molar-refractivity contribution in [2.45, 2.75) is 46.0 Å². The van der Waals surface area contributed by atoms with Crippen molar-refractivity contribution in [3.63, 3.8) is 0 Å². The first kappa shape index (κ1) is 17.4. The van der Waals surface area contributed by atoms with Gasteiger partial charge in [-0.05, 0) is 24.8 Å². The van der Waals surface area contributed by atoms with Crippen molar-refractivity contribution < 1.29 is 13.6 Å². The summed E-state index contributed by atoms with van der Waals surface area (Å²) in [6.45, 7) is 5.16. The number of benzene rings is 1. The monoisotopic (exact) mass is 298 g/mol. The summed E-state index contributed by atoms with van der Waals surface area (Å²) in [6.07, 6.45) is 5.16. The Balaban J connectivity index is 2.40. The summed E-state index contributed by atoms with van der Waals surface area (Å²) >= 11 is 0. The molecule has 0 saturated carbocycles. The van der Waals surface area contributed by atoms with Crippen LogP contribution in [-0.2, 0) is 20.0 Å². The molecule has 114 valence electrons. The second-order valence-corrected chi connectivity index (χ2v) is 7.13. The molecule has 1 aromatic rings. The van der Waals surface area contributed by atoms with Crippen LogP contribution in [0.2, 0.25) is 0 Å². The molecule has 1 rings (SSSR count). The van der Waals surface area contributed by atoms with Gasteiger partial charge < -0.3 is 9.05 Å². The molecule has 0 spiro atoms. The third-order valence-electron chi connectivity index (χ3n) is 3.09. The fraction of sp³-hybridized carbons (Fsp3) is 0.625.